The quantitative estimate of drug-likeness (QED) is 0.442. The van der Waals surface area contributed by atoms with Crippen molar-refractivity contribution < 1.29 is 14.6 Å². The maximum Gasteiger partial charge on any atom is 0.227 e. The SMILES string of the molecule is Cc1ccc(OC[C@H](O)Cn2c([C@H]3CC(=O)N(c4ccccc4)C3)nc3ccccc32)c(C)c1. The number of hydrogen-bond donors (Lipinski definition) is 1. The number of benzene rings is 3. The van der Waals surface area contributed by atoms with Crippen LogP contribution >= 0.6 is 0 Å². The average Bonchev–Trinajstić information content (AvgIpc) is 3.40. The molecule has 1 aliphatic rings. The van der Waals surface area contributed by atoms with Crippen molar-refractivity contribution in [1.82, 2.24) is 9.55 Å². The maximum atomic E-state index is 12.8. The van der Waals surface area contributed by atoms with Crippen LogP contribution < -0.4 is 9.64 Å². The highest BCUT2D eigenvalue weighted by Gasteiger charge is 2.35. The van der Waals surface area contributed by atoms with Crippen LogP contribution in [0.3, 0.4) is 0 Å². The van der Waals surface area contributed by atoms with Crippen molar-refractivity contribution in [1.29, 1.82) is 0 Å². The first-order valence-corrected chi connectivity index (χ1v) is 11.7. The molecular weight excluding hydrogens is 426 g/mol. The first kappa shape index (κ1) is 22.2. The van der Waals surface area contributed by atoms with Crippen molar-refractivity contribution in [3.05, 3.63) is 89.7 Å². The predicted molar refractivity (Wildman–Crippen MR) is 133 cm³/mol. The highest BCUT2D eigenvalue weighted by molar-refractivity contribution is 5.96. The van der Waals surface area contributed by atoms with Gasteiger partial charge in [0.25, 0.3) is 0 Å². The lowest BCUT2D eigenvalue weighted by Crippen LogP contribution is -2.26. The zero-order chi connectivity index (χ0) is 23.7. The third kappa shape index (κ3) is 4.41. The fraction of sp³-hybridized carbons (Fsp3) is 0.286. The van der Waals surface area contributed by atoms with Crippen LogP contribution in [0.2, 0.25) is 0 Å². The predicted octanol–water partition coefficient (Wildman–Crippen LogP) is 4.61. The standard InChI is InChI=1S/C28H29N3O3/c1-19-12-13-26(20(2)14-19)34-18-23(32)17-31-25-11-7-6-10-24(25)29-28(31)21-15-27(33)30(16-21)22-8-4-3-5-9-22/h3-14,21,23,32H,15-18H2,1-2H3/t21-,23+/m0/s1. The van der Waals surface area contributed by atoms with Crippen LogP contribution in [0.25, 0.3) is 11.0 Å². The summed E-state index contributed by atoms with van der Waals surface area (Å²) in [6, 6.07) is 23.7. The molecule has 2 heterocycles. The zero-order valence-electron chi connectivity index (χ0n) is 19.5. The molecule has 1 fully saturated rings. The minimum atomic E-state index is -0.723. The summed E-state index contributed by atoms with van der Waals surface area (Å²) >= 11 is 0. The number of para-hydroxylation sites is 3. The molecule has 1 N–H and O–H groups in total. The van der Waals surface area contributed by atoms with Crippen molar-refractivity contribution in [2.75, 3.05) is 18.1 Å². The fourth-order valence-electron chi connectivity index (χ4n) is 4.75. The molecule has 6 heteroatoms. The number of nitrogens with zero attached hydrogens (tertiary/aromatic N) is 3. The molecule has 4 aromatic rings. The van der Waals surface area contributed by atoms with Gasteiger partial charge in [-0.05, 0) is 49.7 Å². The Hall–Kier alpha value is -3.64. The van der Waals surface area contributed by atoms with Gasteiger partial charge in [-0.3, -0.25) is 4.79 Å². The van der Waals surface area contributed by atoms with Crippen LogP contribution in [0.15, 0.2) is 72.8 Å². The number of rotatable bonds is 7. The number of ether oxygens (including phenoxy) is 1. The molecular formula is C28H29N3O3. The van der Waals surface area contributed by atoms with Crippen LogP contribution in [-0.2, 0) is 11.3 Å². The summed E-state index contributed by atoms with van der Waals surface area (Å²) < 4.78 is 7.98. The number of aliphatic hydroxyl groups excluding tert-OH is 1. The van der Waals surface area contributed by atoms with E-state index in [2.05, 4.69) is 10.6 Å². The Labute approximate surface area is 199 Å². The highest BCUT2D eigenvalue weighted by atomic mass is 16.5. The summed E-state index contributed by atoms with van der Waals surface area (Å²) in [5.74, 6) is 1.65. The number of aryl methyl sites for hydroxylation is 2. The Morgan fingerprint density at radius 1 is 1.06 bits per heavy atom. The highest BCUT2D eigenvalue weighted by Crippen LogP contribution is 2.33. The largest absolute Gasteiger partial charge is 0.491 e. The number of imidazole rings is 1. The first-order chi connectivity index (χ1) is 16.5. The van der Waals surface area contributed by atoms with Crippen molar-refractivity contribution >= 4 is 22.6 Å². The number of amides is 1. The summed E-state index contributed by atoms with van der Waals surface area (Å²) in [4.78, 5) is 19.6. The number of aliphatic hydroxyl groups is 1. The first-order valence-electron chi connectivity index (χ1n) is 11.7. The summed E-state index contributed by atoms with van der Waals surface area (Å²) in [7, 11) is 0. The van der Waals surface area contributed by atoms with Crippen molar-refractivity contribution in [2.24, 2.45) is 0 Å². The summed E-state index contributed by atoms with van der Waals surface area (Å²) in [6.07, 6.45) is -0.327. The molecule has 0 bridgehead atoms. The number of carbonyl (C=O) groups is 1. The van der Waals surface area contributed by atoms with Gasteiger partial charge in [-0.15, -0.1) is 0 Å². The third-order valence-corrected chi connectivity index (χ3v) is 6.40. The Morgan fingerprint density at radius 2 is 1.82 bits per heavy atom. The lowest BCUT2D eigenvalue weighted by atomic mass is 10.1. The lowest BCUT2D eigenvalue weighted by molar-refractivity contribution is -0.117. The molecule has 0 spiro atoms. The number of carbonyl (C=O) groups excluding carboxylic acids is 1. The van der Waals surface area contributed by atoms with E-state index in [4.69, 9.17) is 9.72 Å². The van der Waals surface area contributed by atoms with Gasteiger partial charge in [-0.1, -0.05) is 48.0 Å². The van der Waals surface area contributed by atoms with Gasteiger partial charge in [0.1, 0.15) is 24.3 Å². The van der Waals surface area contributed by atoms with Crippen molar-refractivity contribution in [3.8, 4) is 5.75 Å². The van der Waals surface area contributed by atoms with E-state index in [-0.39, 0.29) is 18.4 Å². The van der Waals surface area contributed by atoms with Crippen LogP contribution in [-0.4, -0.2) is 39.8 Å². The molecule has 5 rings (SSSR count). The van der Waals surface area contributed by atoms with Crippen molar-refractivity contribution in [3.63, 3.8) is 0 Å². The fourth-order valence-corrected chi connectivity index (χ4v) is 4.75. The molecule has 0 radical (unpaired) electrons. The summed E-state index contributed by atoms with van der Waals surface area (Å²) in [5.41, 5.74) is 4.95. The molecule has 1 aliphatic heterocycles. The summed E-state index contributed by atoms with van der Waals surface area (Å²) in [5, 5.41) is 10.9. The molecule has 1 amide bonds. The Bertz CT molecular complexity index is 1320. The van der Waals surface area contributed by atoms with Gasteiger partial charge in [0.15, 0.2) is 0 Å². The molecule has 174 valence electrons. The van der Waals surface area contributed by atoms with Gasteiger partial charge in [-0.25, -0.2) is 4.98 Å². The van der Waals surface area contributed by atoms with E-state index in [9.17, 15) is 9.90 Å². The number of aromatic nitrogens is 2. The second-order valence-corrected chi connectivity index (χ2v) is 9.04. The normalized spacial score (nSPS) is 16.9. The van der Waals surface area contributed by atoms with Gasteiger partial charge in [0.05, 0.1) is 17.6 Å². The van der Waals surface area contributed by atoms with Crippen LogP contribution in [0, 0.1) is 13.8 Å². The van der Waals surface area contributed by atoms with E-state index in [0.29, 0.717) is 19.5 Å². The summed E-state index contributed by atoms with van der Waals surface area (Å²) in [6.45, 7) is 5.14. The van der Waals surface area contributed by atoms with Crippen LogP contribution in [0.4, 0.5) is 5.69 Å². The van der Waals surface area contributed by atoms with E-state index in [1.165, 1.54) is 5.56 Å². The Kier molecular flexibility index (Phi) is 6.07. The monoisotopic (exact) mass is 455 g/mol. The second-order valence-electron chi connectivity index (χ2n) is 9.04. The second kappa shape index (κ2) is 9.31. The smallest absolute Gasteiger partial charge is 0.227 e. The van der Waals surface area contributed by atoms with Gasteiger partial charge in [0.2, 0.25) is 5.91 Å². The molecule has 1 aromatic heterocycles. The Morgan fingerprint density at radius 3 is 2.62 bits per heavy atom. The van der Waals surface area contributed by atoms with E-state index >= 15 is 0 Å². The molecule has 1 saturated heterocycles. The van der Waals surface area contributed by atoms with Crippen molar-refractivity contribution in [2.45, 2.75) is 38.8 Å². The Balaban J connectivity index is 1.38. The van der Waals surface area contributed by atoms with E-state index in [1.807, 2.05) is 85.5 Å². The molecule has 34 heavy (non-hydrogen) atoms. The molecule has 6 nitrogen and oxygen atoms in total. The molecule has 2 atom stereocenters. The van der Waals surface area contributed by atoms with E-state index in [0.717, 1.165) is 33.9 Å². The molecule has 3 aromatic carbocycles. The minimum Gasteiger partial charge on any atom is -0.491 e. The van der Waals surface area contributed by atoms with Gasteiger partial charge in [0, 0.05) is 24.6 Å². The van der Waals surface area contributed by atoms with Gasteiger partial charge in [-0.2, -0.15) is 0 Å². The molecule has 0 aliphatic carbocycles. The topological polar surface area (TPSA) is 67.6 Å². The van der Waals surface area contributed by atoms with E-state index in [1.54, 1.807) is 0 Å². The average molecular weight is 456 g/mol. The van der Waals surface area contributed by atoms with Gasteiger partial charge >= 0.3 is 0 Å². The number of anilines is 1. The van der Waals surface area contributed by atoms with Crippen LogP contribution in [0.1, 0.15) is 29.3 Å². The number of hydrogen-bond acceptors (Lipinski definition) is 4. The third-order valence-electron chi connectivity index (χ3n) is 6.40. The maximum absolute atomic E-state index is 12.8. The minimum absolute atomic E-state index is 0.0485. The molecule has 0 saturated carbocycles. The zero-order valence-corrected chi connectivity index (χ0v) is 19.5. The van der Waals surface area contributed by atoms with Gasteiger partial charge < -0.3 is 19.3 Å². The lowest BCUT2D eigenvalue weighted by Gasteiger charge is -2.19. The van der Waals surface area contributed by atoms with Crippen LogP contribution in [0.5, 0.6) is 5.75 Å². The number of fused-ring (bicyclic) bond motifs is 1. The molecule has 0 unspecified atom stereocenters. The van der Waals surface area contributed by atoms with E-state index < -0.39 is 6.10 Å².